The summed E-state index contributed by atoms with van der Waals surface area (Å²) in [5, 5.41) is 8.71. The summed E-state index contributed by atoms with van der Waals surface area (Å²) in [5.41, 5.74) is 0. The van der Waals surface area contributed by atoms with Gasteiger partial charge in [0.2, 0.25) is 0 Å². The normalized spacial score (nSPS) is 10.7. The van der Waals surface area contributed by atoms with Gasteiger partial charge in [0.05, 0.1) is 13.2 Å². The third-order valence-corrected chi connectivity index (χ3v) is 8.59. The molecule has 0 aromatic heterocycles. The summed E-state index contributed by atoms with van der Waals surface area (Å²) in [5.74, 6) is -0.123. The highest BCUT2D eigenvalue weighted by molar-refractivity contribution is 5.69. The number of carbonyl (C=O) groups is 3. The van der Waals surface area contributed by atoms with E-state index < -0.39 is 6.09 Å². The van der Waals surface area contributed by atoms with Crippen LogP contribution in [-0.4, -0.2) is 73.5 Å². The Morgan fingerprint density at radius 1 is 0.447 bits per heavy atom. The maximum Gasteiger partial charge on any atom is 0.409 e. The van der Waals surface area contributed by atoms with Crippen LogP contribution in [0, 0.1) is 0 Å². The second-order valence-corrected chi connectivity index (χ2v) is 13.3. The number of unbranched alkanes of at least 4 members (excludes halogenated alkanes) is 22. The van der Waals surface area contributed by atoms with Gasteiger partial charge in [0, 0.05) is 33.6 Å². The van der Waals surface area contributed by atoms with Crippen molar-refractivity contribution < 1.29 is 29.0 Å². The zero-order valence-electron chi connectivity index (χ0n) is 31.8. The van der Waals surface area contributed by atoms with Gasteiger partial charge in [0.25, 0.3) is 0 Å². The van der Waals surface area contributed by atoms with Gasteiger partial charge in [-0.15, -0.1) is 0 Å². The number of rotatable bonds is 32. The van der Waals surface area contributed by atoms with Gasteiger partial charge >= 0.3 is 18.2 Å². The molecular formula is C39H78N2O6. The van der Waals surface area contributed by atoms with Crippen LogP contribution in [0.4, 0.5) is 9.59 Å². The van der Waals surface area contributed by atoms with E-state index >= 15 is 0 Å². The maximum absolute atomic E-state index is 11.7. The van der Waals surface area contributed by atoms with Gasteiger partial charge < -0.3 is 24.4 Å². The molecule has 0 rings (SSSR count). The lowest BCUT2D eigenvalue weighted by Gasteiger charge is -2.16. The van der Waals surface area contributed by atoms with Gasteiger partial charge in [-0.2, -0.15) is 0 Å². The average molecular weight is 671 g/mol. The molecule has 0 spiro atoms. The van der Waals surface area contributed by atoms with Crippen LogP contribution in [0.1, 0.15) is 194 Å². The Labute approximate surface area is 291 Å². The van der Waals surface area contributed by atoms with Crippen LogP contribution < -0.4 is 0 Å². The molecule has 0 aliphatic carbocycles. The summed E-state index contributed by atoms with van der Waals surface area (Å²) in [6.45, 7) is 9.12. The third kappa shape index (κ3) is 38.3. The highest BCUT2D eigenvalue weighted by atomic mass is 16.6. The fourth-order valence-electron chi connectivity index (χ4n) is 5.29. The first kappa shape index (κ1) is 47.1. The number of ether oxygens (including phenoxy) is 2. The molecule has 2 amide bonds. The molecule has 0 saturated carbocycles. The lowest BCUT2D eigenvalue weighted by atomic mass is 10.1. The van der Waals surface area contributed by atoms with Crippen molar-refractivity contribution in [3.8, 4) is 0 Å². The molecule has 0 saturated heterocycles. The van der Waals surface area contributed by atoms with Crippen LogP contribution in [-0.2, 0) is 14.3 Å². The first-order valence-corrected chi connectivity index (χ1v) is 19.8. The Balaban J connectivity index is 0. The van der Waals surface area contributed by atoms with Crippen molar-refractivity contribution in [1.82, 2.24) is 9.80 Å². The van der Waals surface area contributed by atoms with E-state index in [0.29, 0.717) is 26.2 Å². The number of amides is 2. The van der Waals surface area contributed by atoms with Crippen LogP contribution in [0.3, 0.4) is 0 Å². The van der Waals surface area contributed by atoms with E-state index in [9.17, 15) is 14.4 Å². The van der Waals surface area contributed by atoms with Crippen LogP contribution in [0.5, 0.6) is 0 Å². The minimum absolute atomic E-state index is 0.123. The van der Waals surface area contributed by atoms with Gasteiger partial charge in [-0.1, -0.05) is 156 Å². The van der Waals surface area contributed by atoms with Crippen LogP contribution >= 0.6 is 0 Å². The molecule has 0 unspecified atom stereocenters. The Morgan fingerprint density at radius 2 is 0.787 bits per heavy atom. The highest BCUT2D eigenvalue weighted by Crippen LogP contribution is 2.12. The van der Waals surface area contributed by atoms with Gasteiger partial charge in [0.1, 0.15) is 0 Å². The van der Waals surface area contributed by atoms with Gasteiger partial charge in [-0.3, -0.25) is 4.79 Å². The number of nitrogens with zero attached hydrogens (tertiary/aromatic N) is 2. The standard InChI is InChI=1S/C20H39NO4.C19H39NO2/c1-3-4-5-6-7-8-9-10-11-15-18-25-19(22)16-13-12-14-17-21(2)20(23)24;1-4-6-8-9-10-11-12-13-14-16-18-22-19(21)20(3)17-15-7-5-2/h3-18H2,1-2H3,(H,23,24);4-18H2,1-3H3. The monoisotopic (exact) mass is 671 g/mol. The topological polar surface area (TPSA) is 96.4 Å². The molecule has 8 heteroatoms. The average Bonchev–Trinajstić information content (AvgIpc) is 3.06. The summed E-state index contributed by atoms with van der Waals surface area (Å²) in [4.78, 5) is 36.9. The van der Waals surface area contributed by atoms with Crippen molar-refractivity contribution in [2.24, 2.45) is 0 Å². The van der Waals surface area contributed by atoms with Gasteiger partial charge in [0.15, 0.2) is 0 Å². The number of carboxylic acid groups (broad SMARTS) is 1. The van der Waals surface area contributed by atoms with E-state index in [-0.39, 0.29) is 12.1 Å². The molecular weight excluding hydrogens is 592 g/mol. The molecule has 0 bridgehead atoms. The van der Waals surface area contributed by atoms with Crippen molar-refractivity contribution >= 4 is 18.2 Å². The smallest absolute Gasteiger partial charge is 0.409 e. The van der Waals surface area contributed by atoms with Crippen molar-refractivity contribution in [2.45, 2.75) is 194 Å². The van der Waals surface area contributed by atoms with Crippen LogP contribution in [0.15, 0.2) is 0 Å². The molecule has 0 aliphatic rings. The summed E-state index contributed by atoms with van der Waals surface area (Å²) >= 11 is 0. The second kappa shape index (κ2) is 38.5. The van der Waals surface area contributed by atoms with E-state index in [4.69, 9.17) is 14.6 Å². The van der Waals surface area contributed by atoms with E-state index in [0.717, 1.165) is 51.5 Å². The fourth-order valence-corrected chi connectivity index (χ4v) is 5.29. The Bertz CT molecular complexity index is 690. The Morgan fingerprint density at radius 3 is 1.23 bits per heavy atom. The lowest BCUT2D eigenvalue weighted by Crippen LogP contribution is -2.28. The first-order valence-electron chi connectivity index (χ1n) is 19.8. The number of hydrogen-bond donors (Lipinski definition) is 1. The summed E-state index contributed by atoms with van der Waals surface area (Å²) in [6, 6.07) is 0. The van der Waals surface area contributed by atoms with Gasteiger partial charge in [-0.05, 0) is 32.1 Å². The van der Waals surface area contributed by atoms with Crippen molar-refractivity contribution in [3.63, 3.8) is 0 Å². The molecule has 280 valence electrons. The third-order valence-electron chi connectivity index (χ3n) is 8.59. The summed E-state index contributed by atoms with van der Waals surface area (Å²) < 4.78 is 10.5. The van der Waals surface area contributed by atoms with Crippen molar-refractivity contribution in [1.29, 1.82) is 0 Å². The highest BCUT2D eigenvalue weighted by Gasteiger charge is 2.09. The summed E-state index contributed by atoms with van der Waals surface area (Å²) in [7, 11) is 3.39. The predicted molar refractivity (Wildman–Crippen MR) is 197 cm³/mol. The number of hydrogen-bond acceptors (Lipinski definition) is 5. The zero-order valence-corrected chi connectivity index (χ0v) is 31.8. The quantitative estimate of drug-likeness (QED) is 0.0565. The predicted octanol–water partition coefficient (Wildman–Crippen LogP) is 11.8. The largest absolute Gasteiger partial charge is 0.466 e. The molecule has 0 fully saturated rings. The number of esters is 1. The molecule has 0 atom stereocenters. The van der Waals surface area contributed by atoms with Crippen molar-refractivity contribution in [3.05, 3.63) is 0 Å². The molecule has 0 radical (unpaired) electrons. The van der Waals surface area contributed by atoms with E-state index in [1.54, 1.807) is 11.9 Å². The molecule has 0 aromatic carbocycles. The van der Waals surface area contributed by atoms with Crippen LogP contribution in [0.2, 0.25) is 0 Å². The molecule has 0 aromatic rings. The van der Waals surface area contributed by atoms with E-state index in [1.165, 1.54) is 127 Å². The SMILES string of the molecule is CCCCCCCCCCCCOC(=O)CCCCCN(C)C(=O)O.CCCCCCCCCCCCOC(=O)N(C)CCCCC. The zero-order chi connectivity index (χ0) is 35.2. The second-order valence-electron chi connectivity index (χ2n) is 13.3. The molecule has 47 heavy (non-hydrogen) atoms. The molecule has 8 nitrogen and oxygen atoms in total. The first-order chi connectivity index (χ1) is 22.8. The molecule has 1 N–H and O–H groups in total. The van der Waals surface area contributed by atoms with E-state index in [1.807, 2.05) is 7.05 Å². The van der Waals surface area contributed by atoms with Crippen LogP contribution in [0.25, 0.3) is 0 Å². The minimum Gasteiger partial charge on any atom is -0.466 e. The minimum atomic E-state index is -0.907. The summed E-state index contributed by atoms with van der Waals surface area (Å²) in [6.07, 6.45) is 31.0. The van der Waals surface area contributed by atoms with E-state index in [2.05, 4.69) is 20.8 Å². The molecule has 0 heterocycles. The Hall–Kier alpha value is -1.99. The van der Waals surface area contributed by atoms with Crippen molar-refractivity contribution in [2.75, 3.05) is 40.4 Å². The van der Waals surface area contributed by atoms with Gasteiger partial charge in [-0.25, -0.2) is 9.59 Å². The maximum atomic E-state index is 11.7. The Kier molecular flexibility index (Phi) is 38.6. The molecule has 0 aliphatic heterocycles. The fraction of sp³-hybridized carbons (Fsp3) is 0.923. The number of carbonyl (C=O) groups excluding carboxylic acids is 2. The lowest BCUT2D eigenvalue weighted by molar-refractivity contribution is -0.143.